The fourth-order valence-electron chi connectivity index (χ4n) is 1.93. The van der Waals surface area contributed by atoms with Crippen molar-refractivity contribution in [3.8, 4) is 10.4 Å². The van der Waals surface area contributed by atoms with Crippen LogP contribution in [0.2, 0.25) is 0 Å². The largest absolute Gasteiger partial charge is 0.478 e. The zero-order valence-corrected chi connectivity index (χ0v) is 9.79. The molecule has 0 saturated carbocycles. The van der Waals surface area contributed by atoms with Crippen molar-refractivity contribution in [1.29, 1.82) is 0 Å². The molecule has 4 heteroatoms. The number of fused-ring (bicyclic) bond motifs is 1. The van der Waals surface area contributed by atoms with Crippen molar-refractivity contribution in [3.63, 3.8) is 0 Å². The second-order valence-electron chi connectivity index (χ2n) is 3.98. The maximum Gasteiger partial charge on any atom is 0.336 e. The Morgan fingerprint density at radius 1 is 1.24 bits per heavy atom. The van der Waals surface area contributed by atoms with Gasteiger partial charge in [0.25, 0.3) is 0 Å². The van der Waals surface area contributed by atoms with Crippen LogP contribution in [0.5, 0.6) is 0 Å². The van der Waals surface area contributed by atoms with Crippen LogP contribution in [0.15, 0.2) is 29.6 Å². The summed E-state index contributed by atoms with van der Waals surface area (Å²) in [6, 6.07) is 7.87. The molecule has 1 aromatic carbocycles. The molecule has 0 fully saturated rings. The van der Waals surface area contributed by atoms with E-state index in [0.717, 1.165) is 10.4 Å². The Morgan fingerprint density at radius 2 is 2.06 bits per heavy atom. The van der Waals surface area contributed by atoms with E-state index >= 15 is 0 Å². The number of carboxylic acid groups (broad SMARTS) is 1. The number of carboxylic acids is 1. The summed E-state index contributed by atoms with van der Waals surface area (Å²) in [4.78, 5) is 11.8. The molecule has 1 aliphatic heterocycles. The lowest BCUT2D eigenvalue weighted by atomic mass is 10.1. The molecule has 3 nitrogen and oxygen atoms in total. The summed E-state index contributed by atoms with van der Waals surface area (Å²) in [7, 11) is 0. The summed E-state index contributed by atoms with van der Waals surface area (Å²) in [6.07, 6.45) is 0. The van der Waals surface area contributed by atoms with Crippen molar-refractivity contribution < 1.29 is 14.6 Å². The lowest BCUT2D eigenvalue weighted by molar-refractivity contribution is 0.0697. The van der Waals surface area contributed by atoms with E-state index in [4.69, 9.17) is 9.84 Å². The Balaban J connectivity index is 2.00. The molecule has 1 aromatic heterocycles. The lowest BCUT2D eigenvalue weighted by Gasteiger charge is -2.00. The standard InChI is InChI=1S/C13H10O3S/c14-13(15)11-4-12(17-7-11)8-1-2-9-5-16-6-10(9)3-8/h1-4,7H,5-6H2,(H,14,15). The van der Waals surface area contributed by atoms with Gasteiger partial charge < -0.3 is 9.84 Å². The van der Waals surface area contributed by atoms with Gasteiger partial charge in [-0.3, -0.25) is 0 Å². The minimum absolute atomic E-state index is 0.349. The monoisotopic (exact) mass is 246 g/mol. The van der Waals surface area contributed by atoms with Crippen molar-refractivity contribution in [2.45, 2.75) is 13.2 Å². The highest BCUT2D eigenvalue weighted by Gasteiger charge is 2.13. The van der Waals surface area contributed by atoms with E-state index < -0.39 is 5.97 Å². The third kappa shape index (κ3) is 1.85. The highest BCUT2D eigenvalue weighted by molar-refractivity contribution is 7.13. The predicted molar refractivity (Wildman–Crippen MR) is 65.2 cm³/mol. The first-order valence-electron chi connectivity index (χ1n) is 5.26. The number of aromatic carboxylic acids is 1. The number of hydrogen-bond donors (Lipinski definition) is 1. The minimum atomic E-state index is -0.878. The quantitative estimate of drug-likeness (QED) is 0.885. The Kier molecular flexibility index (Phi) is 2.46. The molecule has 3 rings (SSSR count). The Labute approximate surface area is 102 Å². The molecule has 1 aliphatic rings. The van der Waals surface area contributed by atoms with Crippen LogP contribution in [0.25, 0.3) is 10.4 Å². The fraction of sp³-hybridized carbons (Fsp3) is 0.154. The molecule has 0 saturated heterocycles. The molecule has 0 spiro atoms. The first-order valence-corrected chi connectivity index (χ1v) is 6.14. The number of rotatable bonds is 2. The average molecular weight is 246 g/mol. The molecule has 0 radical (unpaired) electrons. The number of thiophene rings is 1. The zero-order chi connectivity index (χ0) is 11.8. The molecule has 2 aromatic rings. The summed E-state index contributed by atoms with van der Waals surface area (Å²) in [5.74, 6) is -0.878. The third-order valence-electron chi connectivity index (χ3n) is 2.85. The summed E-state index contributed by atoms with van der Waals surface area (Å²) in [5, 5.41) is 10.6. The smallest absolute Gasteiger partial charge is 0.336 e. The van der Waals surface area contributed by atoms with E-state index in [0.29, 0.717) is 18.8 Å². The molecule has 0 bridgehead atoms. The van der Waals surface area contributed by atoms with Crippen molar-refractivity contribution in [2.75, 3.05) is 0 Å². The van der Waals surface area contributed by atoms with Gasteiger partial charge >= 0.3 is 5.97 Å². The summed E-state index contributed by atoms with van der Waals surface area (Å²) in [6.45, 7) is 1.33. The number of benzene rings is 1. The Bertz CT molecular complexity index is 586. The topological polar surface area (TPSA) is 46.5 Å². The van der Waals surface area contributed by atoms with Crippen molar-refractivity contribution in [1.82, 2.24) is 0 Å². The first-order chi connectivity index (χ1) is 8.24. The van der Waals surface area contributed by atoms with Crippen molar-refractivity contribution >= 4 is 17.3 Å². The van der Waals surface area contributed by atoms with E-state index in [1.807, 2.05) is 6.07 Å². The van der Waals surface area contributed by atoms with Gasteiger partial charge in [-0.25, -0.2) is 4.79 Å². The third-order valence-corrected chi connectivity index (χ3v) is 3.83. The second-order valence-corrected chi connectivity index (χ2v) is 4.89. The molecule has 0 aliphatic carbocycles. The Morgan fingerprint density at radius 3 is 2.82 bits per heavy atom. The molecule has 17 heavy (non-hydrogen) atoms. The predicted octanol–water partition coefficient (Wildman–Crippen LogP) is 3.14. The number of hydrogen-bond acceptors (Lipinski definition) is 3. The van der Waals surface area contributed by atoms with Gasteiger partial charge in [0, 0.05) is 10.3 Å². The molecule has 1 N–H and O–H groups in total. The SMILES string of the molecule is O=C(O)c1csc(-c2ccc3c(c2)COC3)c1. The van der Waals surface area contributed by atoms with Gasteiger partial charge in [0.1, 0.15) is 0 Å². The first kappa shape index (κ1) is 10.5. The van der Waals surface area contributed by atoms with Gasteiger partial charge in [-0.2, -0.15) is 0 Å². The highest BCUT2D eigenvalue weighted by atomic mass is 32.1. The van der Waals surface area contributed by atoms with Crippen LogP contribution in [-0.2, 0) is 18.0 Å². The van der Waals surface area contributed by atoms with Crippen LogP contribution >= 0.6 is 11.3 Å². The van der Waals surface area contributed by atoms with Gasteiger partial charge in [-0.1, -0.05) is 12.1 Å². The van der Waals surface area contributed by atoms with Gasteiger partial charge in [0.2, 0.25) is 0 Å². The van der Waals surface area contributed by atoms with Crippen LogP contribution in [0.4, 0.5) is 0 Å². The van der Waals surface area contributed by atoms with E-state index in [9.17, 15) is 4.79 Å². The maximum absolute atomic E-state index is 10.8. The fourth-order valence-corrected chi connectivity index (χ4v) is 2.81. The van der Waals surface area contributed by atoms with Crippen LogP contribution in [0.1, 0.15) is 21.5 Å². The number of carbonyl (C=O) groups is 1. The molecule has 0 unspecified atom stereocenters. The minimum Gasteiger partial charge on any atom is -0.478 e. The molecular weight excluding hydrogens is 236 g/mol. The van der Waals surface area contributed by atoms with Crippen molar-refractivity contribution in [3.05, 3.63) is 46.3 Å². The van der Waals surface area contributed by atoms with Gasteiger partial charge in [-0.15, -0.1) is 11.3 Å². The number of ether oxygens (including phenoxy) is 1. The average Bonchev–Trinajstić information content (AvgIpc) is 2.97. The van der Waals surface area contributed by atoms with E-state index in [1.54, 1.807) is 11.4 Å². The summed E-state index contributed by atoms with van der Waals surface area (Å²) < 4.78 is 5.36. The van der Waals surface area contributed by atoms with Crippen LogP contribution < -0.4 is 0 Å². The maximum atomic E-state index is 10.8. The molecule has 0 atom stereocenters. The zero-order valence-electron chi connectivity index (χ0n) is 8.97. The molecule has 86 valence electrons. The molecule has 2 heterocycles. The molecule has 0 amide bonds. The van der Waals surface area contributed by atoms with Gasteiger partial charge in [-0.05, 0) is 28.8 Å². The van der Waals surface area contributed by atoms with Crippen LogP contribution in [0.3, 0.4) is 0 Å². The summed E-state index contributed by atoms with van der Waals surface area (Å²) in [5.41, 5.74) is 3.84. The highest BCUT2D eigenvalue weighted by Crippen LogP contribution is 2.31. The lowest BCUT2D eigenvalue weighted by Crippen LogP contribution is -1.91. The van der Waals surface area contributed by atoms with Gasteiger partial charge in [0.05, 0.1) is 18.8 Å². The van der Waals surface area contributed by atoms with Crippen LogP contribution in [-0.4, -0.2) is 11.1 Å². The van der Waals surface area contributed by atoms with Crippen LogP contribution in [0, 0.1) is 0 Å². The molecular formula is C13H10O3S. The van der Waals surface area contributed by atoms with E-state index in [2.05, 4.69) is 12.1 Å². The van der Waals surface area contributed by atoms with Crippen molar-refractivity contribution in [2.24, 2.45) is 0 Å². The van der Waals surface area contributed by atoms with E-state index in [1.165, 1.54) is 22.5 Å². The normalized spacial score (nSPS) is 13.6. The van der Waals surface area contributed by atoms with E-state index in [-0.39, 0.29) is 0 Å². The second kappa shape index (κ2) is 3.98. The summed E-state index contributed by atoms with van der Waals surface area (Å²) >= 11 is 1.45. The Hall–Kier alpha value is -1.65. The van der Waals surface area contributed by atoms with Gasteiger partial charge in [0.15, 0.2) is 0 Å².